The van der Waals surface area contributed by atoms with Crippen molar-refractivity contribution < 1.29 is 27.5 Å². The van der Waals surface area contributed by atoms with E-state index in [1.807, 2.05) is 58.0 Å². The molecule has 1 spiro atoms. The molecule has 4 rings (SSSR count). The molecule has 1 aromatic carbocycles. The van der Waals surface area contributed by atoms with Gasteiger partial charge in [0.2, 0.25) is 0 Å². The van der Waals surface area contributed by atoms with Crippen molar-refractivity contribution in [1.29, 1.82) is 0 Å². The van der Waals surface area contributed by atoms with Gasteiger partial charge in [-0.25, -0.2) is 0 Å². The van der Waals surface area contributed by atoms with Crippen LogP contribution >= 0.6 is 0 Å². The van der Waals surface area contributed by atoms with E-state index in [4.69, 9.17) is 4.74 Å². The molecule has 1 saturated heterocycles. The SMILES string of the molecule is CCC(=Cc1ccccc1)C1CC1N(C(=O)C(F)(F)F)C1CC2(CCN(CCC(=O)OC(C)(C)C)CC2)C1. The first kappa shape index (κ1) is 28.7. The maximum absolute atomic E-state index is 13.7. The summed E-state index contributed by atoms with van der Waals surface area (Å²) < 4.78 is 46.3. The minimum atomic E-state index is -4.86. The van der Waals surface area contributed by atoms with Gasteiger partial charge < -0.3 is 14.5 Å². The minimum Gasteiger partial charge on any atom is -0.460 e. The molecular weight excluding hydrogens is 493 g/mol. The predicted molar refractivity (Wildman–Crippen MR) is 141 cm³/mol. The van der Waals surface area contributed by atoms with E-state index in [2.05, 4.69) is 11.0 Å². The number of alkyl halides is 3. The van der Waals surface area contributed by atoms with Gasteiger partial charge in [0.25, 0.3) is 0 Å². The van der Waals surface area contributed by atoms with E-state index >= 15 is 0 Å². The minimum absolute atomic E-state index is 0.00490. The molecule has 2 aliphatic carbocycles. The van der Waals surface area contributed by atoms with Crippen LogP contribution in [0.15, 0.2) is 35.9 Å². The molecule has 0 bridgehead atoms. The summed E-state index contributed by atoms with van der Waals surface area (Å²) in [5, 5.41) is 0. The zero-order valence-corrected chi connectivity index (χ0v) is 23.0. The second-order valence-corrected chi connectivity index (χ2v) is 12.3. The zero-order valence-electron chi connectivity index (χ0n) is 23.0. The molecule has 1 amide bonds. The molecule has 2 saturated carbocycles. The quantitative estimate of drug-likeness (QED) is 0.371. The summed E-state index contributed by atoms with van der Waals surface area (Å²) in [6, 6.07) is 9.06. The van der Waals surface area contributed by atoms with Crippen molar-refractivity contribution in [3.63, 3.8) is 0 Å². The van der Waals surface area contributed by atoms with Crippen LogP contribution in [0.4, 0.5) is 13.2 Å². The second-order valence-electron chi connectivity index (χ2n) is 12.3. The molecule has 210 valence electrons. The van der Waals surface area contributed by atoms with Crippen LogP contribution in [0.5, 0.6) is 0 Å². The third-order valence-electron chi connectivity index (χ3n) is 8.33. The molecule has 3 fully saturated rings. The predicted octanol–water partition coefficient (Wildman–Crippen LogP) is 6.24. The van der Waals surface area contributed by atoms with Gasteiger partial charge in [-0.2, -0.15) is 13.2 Å². The van der Waals surface area contributed by atoms with Crippen molar-refractivity contribution in [2.24, 2.45) is 11.3 Å². The monoisotopic (exact) mass is 534 g/mol. The van der Waals surface area contributed by atoms with Gasteiger partial charge >= 0.3 is 18.1 Å². The summed E-state index contributed by atoms with van der Waals surface area (Å²) in [4.78, 5) is 28.1. The summed E-state index contributed by atoms with van der Waals surface area (Å²) in [5.41, 5.74) is 1.63. The van der Waals surface area contributed by atoms with Gasteiger partial charge in [-0.3, -0.25) is 9.59 Å². The van der Waals surface area contributed by atoms with Crippen LogP contribution in [-0.2, 0) is 14.3 Å². The van der Waals surface area contributed by atoms with E-state index < -0.39 is 17.7 Å². The number of carbonyl (C=O) groups is 2. The molecule has 0 aromatic heterocycles. The van der Waals surface area contributed by atoms with E-state index in [0.717, 1.165) is 43.5 Å². The summed E-state index contributed by atoms with van der Waals surface area (Å²) >= 11 is 0. The van der Waals surface area contributed by atoms with Crippen molar-refractivity contribution in [2.45, 2.75) is 96.5 Å². The Morgan fingerprint density at radius 3 is 2.29 bits per heavy atom. The van der Waals surface area contributed by atoms with Crippen LogP contribution in [0.1, 0.15) is 78.2 Å². The van der Waals surface area contributed by atoms with Crippen LogP contribution < -0.4 is 0 Å². The number of piperidine rings is 1. The number of halogens is 3. The van der Waals surface area contributed by atoms with E-state index in [1.165, 1.54) is 4.90 Å². The fourth-order valence-corrected chi connectivity index (χ4v) is 6.29. The number of ether oxygens (including phenoxy) is 1. The lowest BCUT2D eigenvalue weighted by molar-refractivity contribution is -0.194. The van der Waals surface area contributed by atoms with Gasteiger partial charge in [-0.05, 0) is 83.4 Å². The molecule has 1 heterocycles. The van der Waals surface area contributed by atoms with E-state index in [0.29, 0.717) is 32.2 Å². The molecular formula is C30H41F3N2O3. The molecule has 1 aliphatic heterocycles. The van der Waals surface area contributed by atoms with Crippen LogP contribution in [0, 0.1) is 11.3 Å². The molecule has 5 nitrogen and oxygen atoms in total. The third-order valence-corrected chi connectivity index (χ3v) is 8.33. The first-order valence-corrected chi connectivity index (χ1v) is 13.9. The maximum Gasteiger partial charge on any atom is 0.471 e. The Morgan fingerprint density at radius 2 is 1.74 bits per heavy atom. The number of likely N-dealkylation sites (tertiary alicyclic amines) is 1. The molecule has 2 atom stereocenters. The van der Waals surface area contributed by atoms with Gasteiger partial charge in [0.1, 0.15) is 5.60 Å². The van der Waals surface area contributed by atoms with Crippen molar-refractivity contribution in [3.8, 4) is 0 Å². The summed E-state index contributed by atoms with van der Waals surface area (Å²) in [6.07, 6.45) is 1.90. The van der Waals surface area contributed by atoms with Crippen molar-refractivity contribution in [1.82, 2.24) is 9.80 Å². The first-order chi connectivity index (χ1) is 17.8. The van der Waals surface area contributed by atoms with Crippen LogP contribution in [0.25, 0.3) is 6.08 Å². The topological polar surface area (TPSA) is 49.9 Å². The number of amides is 1. The van der Waals surface area contributed by atoms with Gasteiger partial charge in [-0.1, -0.05) is 48.9 Å². The van der Waals surface area contributed by atoms with Gasteiger partial charge in [0.05, 0.1) is 6.42 Å². The number of hydrogen-bond acceptors (Lipinski definition) is 4. The Labute approximate surface area is 224 Å². The standard InChI is InChI=1S/C30H41F3N2O3/c1-5-22(17-21-9-7-6-8-10-21)24-18-25(24)35(27(37)30(31,32)33)23-19-29(20-23)12-15-34(16-13-29)14-11-26(36)38-28(2,3)4/h6-10,17,23-25H,5,11-16,18-20H2,1-4H3. The summed E-state index contributed by atoms with van der Waals surface area (Å²) in [7, 11) is 0. The molecule has 8 heteroatoms. The van der Waals surface area contributed by atoms with E-state index in [-0.39, 0.29) is 29.4 Å². The zero-order chi connectivity index (χ0) is 27.7. The van der Waals surface area contributed by atoms with E-state index in [1.54, 1.807) is 0 Å². The Kier molecular flexibility index (Phi) is 8.31. The molecule has 38 heavy (non-hydrogen) atoms. The highest BCUT2D eigenvalue weighted by Crippen LogP contribution is 2.55. The fourth-order valence-electron chi connectivity index (χ4n) is 6.29. The van der Waals surface area contributed by atoms with Crippen LogP contribution in [0.2, 0.25) is 0 Å². The number of rotatable bonds is 8. The lowest BCUT2D eigenvalue weighted by Crippen LogP contribution is -2.59. The average Bonchev–Trinajstić information content (AvgIpc) is 3.60. The summed E-state index contributed by atoms with van der Waals surface area (Å²) in [6.45, 7) is 9.83. The number of nitrogens with zero attached hydrogens (tertiary/aromatic N) is 2. The van der Waals surface area contributed by atoms with Gasteiger partial charge in [0, 0.05) is 24.5 Å². The Bertz CT molecular complexity index is 1020. The van der Waals surface area contributed by atoms with Crippen LogP contribution in [0.3, 0.4) is 0 Å². The first-order valence-electron chi connectivity index (χ1n) is 13.9. The highest BCUT2D eigenvalue weighted by Gasteiger charge is 2.58. The molecule has 3 aliphatic rings. The molecule has 2 unspecified atom stereocenters. The van der Waals surface area contributed by atoms with E-state index in [9.17, 15) is 22.8 Å². The van der Waals surface area contributed by atoms with Crippen molar-refractivity contribution >= 4 is 18.0 Å². The maximum atomic E-state index is 13.7. The lowest BCUT2D eigenvalue weighted by atomic mass is 9.60. The summed E-state index contributed by atoms with van der Waals surface area (Å²) in [5.74, 6) is -1.91. The van der Waals surface area contributed by atoms with Crippen molar-refractivity contribution in [2.75, 3.05) is 19.6 Å². The third kappa shape index (κ3) is 6.99. The second kappa shape index (κ2) is 11.0. The highest BCUT2D eigenvalue weighted by molar-refractivity contribution is 5.83. The number of esters is 1. The van der Waals surface area contributed by atoms with Gasteiger partial charge in [0.15, 0.2) is 0 Å². The molecule has 1 aromatic rings. The normalized spacial score (nSPS) is 24.1. The number of hydrogen-bond donors (Lipinski definition) is 0. The average molecular weight is 535 g/mol. The Hall–Kier alpha value is -2.35. The Balaban J connectivity index is 1.34. The number of benzene rings is 1. The molecule has 0 radical (unpaired) electrons. The highest BCUT2D eigenvalue weighted by atomic mass is 19.4. The van der Waals surface area contributed by atoms with Crippen molar-refractivity contribution in [3.05, 3.63) is 41.5 Å². The Morgan fingerprint density at radius 1 is 1.11 bits per heavy atom. The fraction of sp³-hybridized carbons (Fsp3) is 0.667. The van der Waals surface area contributed by atoms with Crippen LogP contribution in [-0.4, -0.2) is 65.2 Å². The number of carbonyl (C=O) groups excluding carboxylic acids is 2. The lowest BCUT2D eigenvalue weighted by Gasteiger charge is -2.55. The largest absolute Gasteiger partial charge is 0.471 e. The smallest absolute Gasteiger partial charge is 0.460 e. The molecule has 0 N–H and O–H groups in total. The van der Waals surface area contributed by atoms with Gasteiger partial charge in [-0.15, -0.1) is 0 Å².